The predicted molar refractivity (Wildman–Crippen MR) is 69.9 cm³/mol. The molecule has 0 radical (unpaired) electrons. The Balaban J connectivity index is 1.98. The number of morpholine rings is 1. The normalized spacial score (nSPS) is 21.5. The number of hydrogen-bond donors (Lipinski definition) is 2. The van der Waals surface area contributed by atoms with Gasteiger partial charge in [-0.2, -0.15) is 13.2 Å². The monoisotopic (exact) mass is 303 g/mol. The second-order valence-corrected chi connectivity index (χ2v) is 4.81. The van der Waals surface area contributed by atoms with Crippen molar-refractivity contribution in [1.29, 1.82) is 0 Å². The fourth-order valence-electron chi connectivity index (χ4n) is 2.15. The van der Waals surface area contributed by atoms with E-state index in [0.717, 1.165) is 17.7 Å². The van der Waals surface area contributed by atoms with Crippen LogP contribution in [0.3, 0.4) is 0 Å². The van der Waals surface area contributed by atoms with E-state index in [1.807, 2.05) is 4.90 Å². The molecule has 8 heteroatoms. The first-order chi connectivity index (χ1) is 9.90. The first-order valence-electron chi connectivity index (χ1n) is 6.37. The highest BCUT2D eigenvalue weighted by Gasteiger charge is 2.30. The van der Waals surface area contributed by atoms with Crippen molar-refractivity contribution in [1.82, 2.24) is 4.90 Å². The van der Waals surface area contributed by atoms with Gasteiger partial charge in [0.1, 0.15) is 6.10 Å². The zero-order valence-electron chi connectivity index (χ0n) is 11.2. The van der Waals surface area contributed by atoms with Gasteiger partial charge in [-0.25, -0.2) is 0 Å². The maximum absolute atomic E-state index is 12.5. The van der Waals surface area contributed by atoms with Crippen LogP contribution in [0.4, 0.5) is 13.2 Å². The van der Waals surface area contributed by atoms with Gasteiger partial charge in [-0.1, -0.05) is 17.3 Å². The van der Waals surface area contributed by atoms with Gasteiger partial charge in [0.05, 0.1) is 12.2 Å². The van der Waals surface area contributed by atoms with Gasteiger partial charge in [0.15, 0.2) is 5.84 Å². The van der Waals surface area contributed by atoms with E-state index in [2.05, 4.69) is 5.16 Å². The summed E-state index contributed by atoms with van der Waals surface area (Å²) in [5, 5.41) is 11.5. The predicted octanol–water partition coefficient (Wildman–Crippen LogP) is 1.65. The van der Waals surface area contributed by atoms with Gasteiger partial charge in [0.2, 0.25) is 0 Å². The van der Waals surface area contributed by atoms with Crippen LogP contribution < -0.4 is 5.73 Å². The van der Waals surface area contributed by atoms with Crippen molar-refractivity contribution < 1.29 is 23.1 Å². The number of alkyl halides is 3. The first kappa shape index (κ1) is 15.6. The summed E-state index contributed by atoms with van der Waals surface area (Å²) in [6.45, 7) is 1.96. The van der Waals surface area contributed by atoms with Crippen LogP contribution in [0.5, 0.6) is 0 Å². The molecule has 0 saturated carbocycles. The van der Waals surface area contributed by atoms with Gasteiger partial charge < -0.3 is 15.7 Å². The van der Waals surface area contributed by atoms with Crippen molar-refractivity contribution in [2.45, 2.75) is 18.8 Å². The van der Waals surface area contributed by atoms with Crippen molar-refractivity contribution >= 4 is 5.84 Å². The highest BCUT2D eigenvalue weighted by atomic mass is 19.4. The van der Waals surface area contributed by atoms with Crippen molar-refractivity contribution in [3.05, 3.63) is 35.4 Å². The molecule has 3 N–H and O–H groups in total. The third-order valence-corrected chi connectivity index (χ3v) is 3.28. The van der Waals surface area contributed by atoms with Gasteiger partial charge in [0, 0.05) is 19.6 Å². The van der Waals surface area contributed by atoms with Gasteiger partial charge in [-0.3, -0.25) is 4.90 Å². The molecule has 1 aliphatic rings. The summed E-state index contributed by atoms with van der Waals surface area (Å²) in [6, 6.07) is 5.04. The molecular formula is C13H16F3N3O2. The number of amidine groups is 1. The number of halogens is 3. The van der Waals surface area contributed by atoms with Crippen LogP contribution in [0.1, 0.15) is 11.1 Å². The Labute approximate surface area is 119 Å². The van der Waals surface area contributed by atoms with Crippen LogP contribution in [0.15, 0.2) is 29.4 Å². The van der Waals surface area contributed by atoms with E-state index in [9.17, 15) is 13.2 Å². The highest BCUT2D eigenvalue weighted by Crippen LogP contribution is 2.29. The summed E-state index contributed by atoms with van der Waals surface area (Å²) in [6.07, 6.45) is -4.83. The molecule has 1 unspecified atom stereocenters. The number of rotatable bonds is 3. The molecule has 0 amide bonds. The molecule has 1 aliphatic heterocycles. The summed E-state index contributed by atoms with van der Waals surface area (Å²) < 4.78 is 42.8. The fourth-order valence-corrected chi connectivity index (χ4v) is 2.15. The molecule has 1 aromatic rings. The van der Waals surface area contributed by atoms with E-state index in [4.69, 9.17) is 15.7 Å². The Morgan fingerprint density at radius 3 is 2.62 bits per heavy atom. The lowest BCUT2D eigenvalue weighted by molar-refractivity contribution is -0.137. The van der Waals surface area contributed by atoms with E-state index >= 15 is 0 Å². The van der Waals surface area contributed by atoms with Gasteiger partial charge in [0.25, 0.3) is 0 Å². The molecular weight excluding hydrogens is 287 g/mol. The number of hydrogen-bond acceptors (Lipinski definition) is 4. The smallest absolute Gasteiger partial charge is 0.409 e. The lowest BCUT2D eigenvalue weighted by Gasteiger charge is -2.32. The molecule has 0 bridgehead atoms. The molecule has 116 valence electrons. The summed E-state index contributed by atoms with van der Waals surface area (Å²) in [5.41, 5.74) is 5.60. The number of ether oxygens (including phenoxy) is 1. The van der Waals surface area contributed by atoms with Gasteiger partial charge in [-0.05, 0) is 17.7 Å². The average Bonchev–Trinajstić information content (AvgIpc) is 2.46. The second kappa shape index (κ2) is 6.31. The minimum Gasteiger partial charge on any atom is -0.409 e. The summed E-state index contributed by atoms with van der Waals surface area (Å²) in [5.74, 6) is -0.00730. The van der Waals surface area contributed by atoms with Crippen molar-refractivity contribution in [3.8, 4) is 0 Å². The largest absolute Gasteiger partial charge is 0.416 e. The molecule has 1 heterocycles. The van der Waals surface area contributed by atoms with Crippen molar-refractivity contribution in [3.63, 3.8) is 0 Å². The van der Waals surface area contributed by atoms with Gasteiger partial charge >= 0.3 is 6.18 Å². The molecule has 0 spiro atoms. The third kappa shape index (κ3) is 4.08. The van der Waals surface area contributed by atoms with Crippen LogP contribution in [-0.2, 0) is 17.5 Å². The van der Waals surface area contributed by atoms with Crippen LogP contribution in [-0.4, -0.2) is 41.7 Å². The van der Waals surface area contributed by atoms with Crippen LogP contribution in [0.2, 0.25) is 0 Å². The zero-order valence-corrected chi connectivity index (χ0v) is 11.2. The second-order valence-electron chi connectivity index (χ2n) is 4.81. The van der Waals surface area contributed by atoms with Crippen LogP contribution in [0, 0.1) is 0 Å². The maximum atomic E-state index is 12.5. The summed E-state index contributed by atoms with van der Waals surface area (Å²) in [7, 11) is 0. The van der Waals surface area contributed by atoms with Crippen molar-refractivity contribution in [2.24, 2.45) is 10.9 Å². The number of nitrogens with two attached hydrogens (primary N) is 1. The maximum Gasteiger partial charge on any atom is 0.416 e. The quantitative estimate of drug-likeness (QED) is 0.385. The summed E-state index contributed by atoms with van der Waals surface area (Å²) in [4.78, 5) is 1.98. The van der Waals surface area contributed by atoms with Crippen LogP contribution >= 0.6 is 0 Å². The summed E-state index contributed by atoms with van der Waals surface area (Å²) >= 11 is 0. The van der Waals surface area contributed by atoms with E-state index < -0.39 is 17.8 Å². The molecule has 1 fully saturated rings. The molecule has 0 aromatic heterocycles. The van der Waals surface area contributed by atoms with E-state index in [1.165, 1.54) is 12.1 Å². The molecule has 0 aliphatic carbocycles. The van der Waals surface area contributed by atoms with E-state index in [0.29, 0.717) is 26.2 Å². The van der Waals surface area contributed by atoms with Crippen molar-refractivity contribution in [2.75, 3.05) is 19.7 Å². The number of oxime groups is 1. The zero-order chi connectivity index (χ0) is 15.5. The Morgan fingerprint density at radius 2 is 2.05 bits per heavy atom. The first-order valence-corrected chi connectivity index (χ1v) is 6.37. The van der Waals surface area contributed by atoms with Gasteiger partial charge in [-0.15, -0.1) is 0 Å². The molecule has 2 rings (SSSR count). The Bertz CT molecular complexity index is 502. The molecule has 1 saturated heterocycles. The minimum atomic E-state index is -4.32. The minimum absolute atomic E-state index is 0.00730. The Kier molecular flexibility index (Phi) is 4.69. The van der Waals surface area contributed by atoms with E-state index in [1.54, 1.807) is 0 Å². The number of benzene rings is 1. The highest BCUT2D eigenvalue weighted by molar-refractivity contribution is 5.84. The molecule has 1 atom stereocenters. The molecule has 21 heavy (non-hydrogen) atoms. The fraction of sp³-hybridized carbons (Fsp3) is 0.462. The Morgan fingerprint density at radius 1 is 1.38 bits per heavy atom. The Hall–Kier alpha value is -1.80. The lowest BCUT2D eigenvalue weighted by atomic mass is 10.1. The lowest BCUT2D eigenvalue weighted by Crippen LogP contribution is -2.48. The third-order valence-electron chi connectivity index (χ3n) is 3.28. The SMILES string of the molecule is N/C(=N/O)C1CN(Cc2ccc(C(F)(F)F)cc2)CCO1. The standard InChI is InChI=1S/C13H16F3N3O2/c14-13(15,16)10-3-1-9(2-4-10)7-19-5-6-21-11(8-19)12(17)18-20/h1-4,11,20H,5-8H2,(H2,17,18). The molecule has 1 aromatic carbocycles. The molecule has 5 nitrogen and oxygen atoms in total. The average molecular weight is 303 g/mol. The number of nitrogens with zero attached hydrogens (tertiary/aromatic N) is 2. The van der Waals surface area contributed by atoms with E-state index in [-0.39, 0.29) is 5.84 Å². The van der Waals surface area contributed by atoms with Crippen LogP contribution in [0.25, 0.3) is 0 Å². The topological polar surface area (TPSA) is 71.1 Å².